The highest BCUT2D eigenvalue weighted by Crippen LogP contribution is 2.32. The van der Waals surface area contributed by atoms with Crippen molar-refractivity contribution in [3.05, 3.63) is 64.1 Å². The maximum absolute atomic E-state index is 12.1. The number of hydrogen-bond acceptors (Lipinski definition) is 4. The first-order valence-corrected chi connectivity index (χ1v) is 6.66. The number of benzene rings is 2. The fourth-order valence-corrected chi connectivity index (χ4v) is 2.43. The largest absolute Gasteiger partial charge is 0.454 e. The number of rotatable bonds is 2. The molecule has 1 aliphatic heterocycles. The second-order valence-electron chi connectivity index (χ2n) is 4.89. The van der Waals surface area contributed by atoms with E-state index in [-0.39, 0.29) is 12.4 Å². The average Bonchev–Trinajstić information content (AvgIpc) is 2.95. The molecule has 21 heavy (non-hydrogen) atoms. The van der Waals surface area contributed by atoms with E-state index in [1.54, 1.807) is 0 Å². The molecule has 1 aliphatic rings. The van der Waals surface area contributed by atoms with Crippen molar-refractivity contribution < 1.29 is 9.47 Å². The summed E-state index contributed by atoms with van der Waals surface area (Å²) in [5, 5.41) is 0. The zero-order chi connectivity index (χ0) is 14.2. The molecule has 0 radical (unpaired) electrons. The molecule has 0 amide bonds. The van der Waals surface area contributed by atoms with Gasteiger partial charge in [0.1, 0.15) is 5.69 Å². The highest BCUT2D eigenvalue weighted by molar-refractivity contribution is 5.73. The Morgan fingerprint density at radius 1 is 1.10 bits per heavy atom. The lowest BCUT2D eigenvalue weighted by molar-refractivity contribution is 0.174. The number of aromatic nitrogens is 2. The molecule has 2 heterocycles. The van der Waals surface area contributed by atoms with Crippen LogP contribution in [0.4, 0.5) is 0 Å². The molecule has 5 nitrogen and oxygen atoms in total. The van der Waals surface area contributed by atoms with Crippen molar-refractivity contribution in [1.29, 1.82) is 0 Å². The first-order chi connectivity index (χ1) is 10.3. The molecule has 2 aromatic carbocycles. The van der Waals surface area contributed by atoms with E-state index in [1.165, 1.54) is 0 Å². The minimum Gasteiger partial charge on any atom is -0.454 e. The van der Waals surface area contributed by atoms with Crippen LogP contribution < -0.4 is 15.0 Å². The summed E-state index contributed by atoms with van der Waals surface area (Å²) < 4.78 is 10.6. The number of nitrogens with one attached hydrogen (secondary N) is 1. The summed E-state index contributed by atoms with van der Waals surface area (Å²) in [7, 11) is 0. The fourth-order valence-electron chi connectivity index (χ4n) is 2.43. The molecule has 1 aromatic heterocycles. The van der Waals surface area contributed by atoms with Gasteiger partial charge in [-0.1, -0.05) is 18.2 Å². The van der Waals surface area contributed by atoms with Crippen LogP contribution in [0.3, 0.4) is 0 Å². The Kier molecular flexibility index (Phi) is 2.64. The Morgan fingerprint density at radius 2 is 1.95 bits per heavy atom. The maximum Gasteiger partial charge on any atom is 0.270 e. The molecule has 104 valence electrons. The van der Waals surface area contributed by atoms with Crippen LogP contribution in [0.5, 0.6) is 11.5 Å². The summed E-state index contributed by atoms with van der Waals surface area (Å²) in [5.74, 6) is 1.45. The number of nitrogens with zero attached hydrogens (tertiary/aromatic N) is 1. The van der Waals surface area contributed by atoms with Crippen LogP contribution in [0.25, 0.3) is 11.0 Å². The zero-order valence-corrected chi connectivity index (χ0v) is 11.1. The van der Waals surface area contributed by atoms with Crippen molar-refractivity contribution in [3.8, 4) is 11.5 Å². The summed E-state index contributed by atoms with van der Waals surface area (Å²) in [6.45, 7) is 0.244. The molecule has 5 heteroatoms. The molecule has 3 aromatic rings. The van der Waals surface area contributed by atoms with Gasteiger partial charge in [-0.15, -0.1) is 0 Å². The van der Waals surface area contributed by atoms with Crippen molar-refractivity contribution in [3.63, 3.8) is 0 Å². The van der Waals surface area contributed by atoms with Crippen LogP contribution in [-0.4, -0.2) is 16.8 Å². The fraction of sp³-hybridized carbons (Fsp3) is 0.125. The van der Waals surface area contributed by atoms with Gasteiger partial charge in [-0.3, -0.25) is 4.79 Å². The SMILES string of the molecule is O=c1[nH]c2ccccc2nc1Cc1ccc2c(c1)OCO2. The number of H-pyrrole nitrogens is 1. The van der Waals surface area contributed by atoms with Crippen molar-refractivity contribution in [2.75, 3.05) is 6.79 Å². The molecular formula is C16H12N2O3. The summed E-state index contributed by atoms with van der Waals surface area (Å²) in [5.41, 5.74) is 2.83. The van der Waals surface area contributed by atoms with E-state index in [0.29, 0.717) is 17.9 Å². The smallest absolute Gasteiger partial charge is 0.270 e. The van der Waals surface area contributed by atoms with E-state index in [4.69, 9.17) is 9.47 Å². The lowest BCUT2D eigenvalue weighted by atomic mass is 10.1. The van der Waals surface area contributed by atoms with Crippen molar-refractivity contribution in [2.24, 2.45) is 0 Å². The van der Waals surface area contributed by atoms with Gasteiger partial charge >= 0.3 is 0 Å². The molecule has 0 spiro atoms. The standard InChI is InChI=1S/C16H12N2O3/c19-16-13(17-11-3-1-2-4-12(11)18-16)7-10-5-6-14-15(8-10)21-9-20-14/h1-6,8H,7,9H2,(H,18,19). The molecule has 4 rings (SSSR count). The predicted molar refractivity (Wildman–Crippen MR) is 77.7 cm³/mol. The van der Waals surface area contributed by atoms with Crippen molar-refractivity contribution >= 4 is 11.0 Å². The predicted octanol–water partition coefficient (Wildman–Crippen LogP) is 2.24. The topological polar surface area (TPSA) is 64.2 Å². The number of aromatic amines is 1. The number of ether oxygens (including phenoxy) is 2. The molecule has 1 N–H and O–H groups in total. The average molecular weight is 280 g/mol. The Hall–Kier alpha value is -2.82. The Labute approximate surface area is 120 Å². The molecule has 0 saturated carbocycles. The minimum absolute atomic E-state index is 0.161. The third-order valence-electron chi connectivity index (χ3n) is 3.48. The van der Waals surface area contributed by atoms with E-state index < -0.39 is 0 Å². The molecular weight excluding hydrogens is 268 g/mol. The highest BCUT2D eigenvalue weighted by atomic mass is 16.7. The molecule has 0 bridgehead atoms. The number of fused-ring (bicyclic) bond motifs is 2. The van der Waals surface area contributed by atoms with Gasteiger partial charge in [-0.25, -0.2) is 4.98 Å². The zero-order valence-electron chi connectivity index (χ0n) is 11.1. The van der Waals surface area contributed by atoms with E-state index in [0.717, 1.165) is 22.3 Å². The highest BCUT2D eigenvalue weighted by Gasteiger charge is 2.14. The second-order valence-corrected chi connectivity index (χ2v) is 4.89. The maximum atomic E-state index is 12.1. The van der Waals surface area contributed by atoms with Gasteiger partial charge in [0.2, 0.25) is 6.79 Å². The first kappa shape index (κ1) is 12.0. The lowest BCUT2D eigenvalue weighted by Crippen LogP contribution is -2.15. The normalized spacial score (nSPS) is 12.8. The molecule has 0 aliphatic carbocycles. The van der Waals surface area contributed by atoms with E-state index in [1.807, 2.05) is 42.5 Å². The molecule has 0 saturated heterocycles. The van der Waals surface area contributed by atoms with Gasteiger partial charge in [0, 0.05) is 6.42 Å². The van der Waals surface area contributed by atoms with Gasteiger partial charge in [0.15, 0.2) is 11.5 Å². The molecule has 0 atom stereocenters. The van der Waals surface area contributed by atoms with Gasteiger partial charge < -0.3 is 14.5 Å². The van der Waals surface area contributed by atoms with Crippen LogP contribution in [0, 0.1) is 0 Å². The van der Waals surface area contributed by atoms with Crippen LogP contribution in [0.2, 0.25) is 0 Å². The minimum atomic E-state index is -0.161. The van der Waals surface area contributed by atoms with Gasteiger partial charge in [-0.2, -0.15) is 0 Å². The third kappa shape index (κ3) is 2.12. The Balaban J connectivity index is 1.74. The van der Waals surface area contributed by atoms with E-state index in [2.05, 4.69) is 9.97 Å². The monoisotopic (exact) mass is 280 g/mol. The van der Waals surface area contributed by atoms with Gasteiger partial charge in [0.25, 0.3) is 5.56 Å². The number of hydrogen-bond donors (Lipinski definition) is 1. The summed E-state index contributed by atoms with van der Waals surface area (Å²) >= 11 is 0. The number of para-hydroxylation sites is 2. The van der Waals surface area contributed by atoms with Crippen molar-refractivity contribution in [2.45, 2.75) is 6.42 Å². The van der Waals surface area contributed by atoms with Crippen LogP contribution >= 0.6 is 0 Å². The second kappa shape index (κ2) is 4.63. The quantitative estimate of drug-likeness (QED) is 0.782. The van der Waals surface area contributed by atoms with E-state index in [9.17, 15) is 4.79 Å². The van der Waals surface area contributed by atoms with Crippen LogP contribution in [-0.2, 0) is 6.42 Å². The van der Waals surface area contributed by atoms with E-state index >= 15 is 0 Å². The van der Waals surface area contributed by atoms with Crippen LogP contribution in [0.1, 0.15) is 11.3 Å². The Morgan fingerprint density at radius 3 is 2.90 bits per heavy atom. The van der Waals surface area contributed by atoms with Crippen molar-refractivity contribution in [1.82, 2.24) is 9.97 Å². The van der Waals surface area contributed by atoms with Gasteiger partial charge in [0.05, 0.1) is 11.0 Å². The summed E-state index contributed by atoms with van der Waals surface area (Å²) in [6.07, 6.45) is 0.455. The first-order valence-electron chi connectivity index (χ1n) is 6.66. The van der Waals surface area contributed by atoms with Gasteiger partial charge in [-0.05, 0) is 29.8 Å². The molecule has 0 fully saturated rings. The summed E-state index contributed by atoms with van der Waals surface area (Å²) in [6, 6.07) is 13.2. The molecule has 0 unspecified atom stereocenters. The Bertz CT molecular complexity index is 886. The summed E-state index contributed by atoms with van der Waals surface area (Å²) in [4.78, 5) is 19.4. The van der Waals surface area contributed by atoms with Crippen LogP contribution in [0.15, 0.2) is 47.3 Å². The lowest BCUT2D eigenvalue weighted by Gasteiger charge is -2.04. The third-order valence-corrected chi connectivity index (χ3v) is 3.48.